The molecule has 0 radical (unpaired) electrons. The van der Waals surface area contributed by atoms with Crippen molar-refractivity contribution in [1.82, 2.24) is 4.90 Å². The van der Waals surface area contributed by atoms with E-state index in [-0.39, 0.29) is 18.4 Å². The average Bonchev–Trinajstić information content (AvgIpc) is 2.66. The Hall–Kier alpha value is -3.35. The van der Waals surface area contributed by atoms with Gasteiger partial charge in [-0.1, -0.05) is 12.1 Å². The summed E-state index contributed by atoms with van der Waals surface area (Å²) in [5, 5.41) is 2.61. The fraction of sp³-hybridized carbons (Fsp3) is 0.286. The maximum Gasteiger partial charge on any atom is 0.338 e. The molecule has 0 atom stereocenters. The number of anilines is 2. The third-order valence-corrected chi connectivity index (χ3v) is 4.07. The summed E-state index contributed by atoms with van der Waals surface area (Å²) < 4.78 is 5.10. The molecule has 0 spiro atoms. The molecule has 0 bridgehead atoms. The smallest absolute Gasteiger partial charge is 0.338 e. The molecule has 7 nitrogen and oxygen atoms in total. The first-order valence-corrected chi connectivity index (χ1v) is 8.81. The van der Waals surface area contributed by atoms with Crippen LogP contribution in [0, 0.1) is 0 Å². The number of hydrogen-bond acceptors (Lipinski definition) is 5. The molecule has 2 aromatic rings. The fourth-order valence-electron chi connectivity index (χ4n) is 2.48. The molecule has 1 N–H and O–H groups in total. The van der Waals surface area contributed by atoms with E-state index in [1.54, 1.807) is 19.2 Å². The number of rotatable bonds is 7. The zero-order valence-corrected chi connectivity index (χ0v) is 16.6. The minimum absolute atomic E-state index is 0.194. The van der Waals surface area contributed by atoms with Gasteiger partial charge < -0.3 is 19.9 Å². The molecule has 0 fully saturated rings. The molecule has 0 aliphatic heterocycles. The molecule has 7 heteroatoms. The molecule has 0 unspecified atom stereocenters. The second-order valence-corrected chi connectivity index (χ2v) is 6.65. The number of nitrogens with one attached hydrogen (secondary N) is 1. The largest absolute Gasteiger partial charge is 0.452 e. The van der Waals surface area contributed by atoms with Crippen LogP contribution in [0.4, 0.5) is 11.4 Å². The maximum absolute atomic E-state index is 12.2. The summed E-state index contributed by atoms with van der Waals surface area (Å²) in [6.45, 7) is 1.50. The van der Waals surface area contributed by atoms with E-state index in [1.165, 1.54) is 24.0 Å². The third kappa shape index (κ3) is 6.12. The van der Waals surface area contributed by atoms with Crippen LogP contribution in [0.5, 0.6) is 0 Å². The van der Waals surface area contributed by atoms with Gasteiger partial charge in [-0.05, 0) is 42.0 Å². The lowest BCUT2D eigenvalue weighted by Gasteiger charge is -2.18. The molecule has 148 valence electrons. The van der Waals surface area contributed by atoms with Crippen LogP contribution in [0.25, 0.3) is 0 Å². The average molecular weight is 383 g/mol. The highest BCUT2D eigenvalue weighted by Gasteiger charge is 2.14. The predicted molar refractivity (Wildman–Crippen MR) is 108 cm³/mol. The summed E-state index contributed by atoms with van der Waals surface area (Å²) >= 11 is 0. The molecule has 2 aromatic carbocycles. The van der Waals surface area contributed by atoms with Crippen molar-refractivity contribution < 1.29 is 19.1 Å². The van der Waals surface area contributed by atoms with Crippen molar-refractivity contribution >= 4 is 29.2 Å². The summed E-state index contributed by atoms with van der Waals surface area (Å²) in [6.07, 6.45) is 0. The van der Waals surface area contributed by atoms with Gasteiger partial charge in [0.15, 0.2) is 6.61 Å². The normalized spacial score (nSPS) is 10.1. The quantitative estimate of drug-likeness (QED) is 0.744. The Morgan fingerprint density at radius 3 is 2.07 bits per heavy atom. The molecule has 0 saturated carbocycles. The molecule has 0 saturated heterocycles. The van der Waals surface area contributed by atoms with Crippen LogP contribution >= 0.6 is 0 Å². The van der Waals surface area contributed by atoms with Gasteiger partial charge in [0.2, 0.25) is 5.91 Å². The van der Waals surface area contributed by atoms with Gasteiger partial charge >= 0.3 is 5.97 Å². The zero-order chi connectivity index (χ0) is 20.7. The summed E-state index contributed by atoms with van der Waals surface area (Å²) in [7, 11) is 5.59. The Balaban J connectivity index is 1.84. The van der Waals surface area contributed by atoms with E-state index in [0.29, 0.717) is 17.8 Å². The van der Waals surface area contributed by atoms with Crippen molar-refractivity contribution in [2.75, 3.05) is 38.0 Å². The third-order valence-electron chi connectivity index (χ3n) is 4.07. The molecule has 0 aromatic heterocycles. The number of nitrogens with zero attached hydrogens (tertiary/aromatic N) is 2. The Labute approximate surface area is 164 Å². The van der Waals surface area contributed by atoms with E-state index in [9.17, 15) is 14.4 Å². The highest BCUT2D eigenvalue weighted by Crippen LogP contribution is 2.14. The standard InChI is InChI=1S/C21H25N3O4/c1-15(25)22-18-9-7-17(8-10-18)21(27)28-14-20(26)24(4)13-16-5-11-19(12-6-16)23(2)3/h5-12H,13-14H2,1-4H3,(H,22,25). The van der Waals surface area contributed by atoms with Crippen molar-refractivity contribution in [2.24, 2.45) is 0 Å². The van der Waals surface area contributed by atoms with Gasteiger partial charge in [-0.25, -0.2) is 4.79 Å². The van der Waals surface area contributed by atoms with Crippen LogP contribution in [0.2, 0.25) is 0 Å². The number of carbonyl (C=O) groups excluding carboxylic acids is 3. The van der Waals surface area contributed by atoms with Crippen molar-refractivity contribution in [3.63, 3.8) is 0 Å². The van der Waals surface area contributed by atoms with Gasteiger partial charge in [-0.3, -0.25) is 9.59 Å². The number of amides is 2. The van der Waals surface area contributed by atoms with Crippen LogP contribution in [-0.2, 0) is 20.9 Å². The van der Waals surface area contributed by atoms with Crippen LogP contribution in [-0.4, -0.2) is 50.4 Å². The van der Waals surface area contributed by atoms with Gasteiger partial charge in [0, 0.05) is 46.0 Å². The van der Waals surface area contributed by atoms with Crippen LogP contribution in [0.1, 0.15) is 22.8 Å². The highest BCUT2D eigenvalue weighted by atomic mass is 16.5. The van der Waals surface area contributed by atoms with Gasteiger partial charge in [0.05, 0.1) is 5.56 Å². The fourth-order valence-corrected chi connectivity index (χ4v) is 2.48. The number of hydrogen-bond donors (Lipinski definition) is 1. The van der Waals surface area contributed by atoms with Crippen LogP contribution in [0.3, 0.4) is 0 Å². The van der Waals surface area contributed by atoms with E-state index in [0.717, 1.165) is 11.3 Å². The Bertz CT molecular complexity index is 830. The van der Waals surface area contributed by atoms with Crippen molar-refractivity contribution in [3.05, 3.63) is 59.7 Å². The van der Waals surface area contributed by atoms with Crippen LogP contribution in [0.15, 0.2) is 48.5 Å². The van der Waals surface area contributed by atoms with E-state index < -0.39 is 5.97 Å². The molecular formula is C21H25N3O4. The Morgan fingerprint density at radius 1 is 0.929 bits per heavy atom. The maximum atomic E-state index is 12.2. The minimum atomic E-state index is -0.591. The summed E-state index contributed by atoms with van der Waals surface area (Å²) in [5.74, 6) is -1.08. The van der Waals surface area contributed by atoms with E-state index in [4.69, 9.17) is 4.74 Å². The van der Waals surface area contributed by atoms with Crippen molar-refractivity contribution in [1.29, 1.82) is 0 Å². The molecule has 2 amide bonds. The summed E-state index contributed by atoms with van der Waals surface area (Å²) in [4.78, 5) is 38.8. The first-order valence-electron chi connectivity index (χ1n) is 8.81. The SMILES string of the molecule is CC(=O)Nc1ccc(C(=O)OCC(=O)N(C)Cc2ccc(N(C)C)cc2)cc1. The van der Waals surface area contributed by atoms with Crippen LogP contribution < -0.4 is 10.2 Å². The molecule has 2 rings (SSSR count). The predicted octanol–water partition coefficient (Wildman–Crippen LogP) is 2.53. The molecule has 28 heavy (non-hydrogen) atoms. The van der Waals surface area contributed by atoms with Crippen molar-refractivity contribution in [3.8, 4) is 0 Å². The lowest BCUT2D eigenvalue weighted by molar-refractivity contribution is -0.133. The topological polar surface area (TPSA) is 78.9 Å². The van der Waals surface area contributed by atoms with Crippen molar-refractivity contribution in [2.45, 2.75) is 13.5 Å². The Morgan fingerprint density at radius 2 is 1.54 bits per heavy atom. The number of ether oxygens (including phenoxy) is 1. The monoisotopic (exact) mass is 383 g/mol. The second-order valence-electron chi connectivity index (χ2n) is 6.65. The van der Waals surface area contributed by atoms with E-state index >= 15 is 0 Å². The summed E-state index contributed by atoms with van der Waals surface area (Å²) in [6, 6.07) is 14.2. The minimum Gasteiger partial charge on any atom is -0.452 e. The lowest BCUT2D eigenvalue weighted by atomic mass is 10.2. The number of likely N-dealkylation sites (N-methyl/N-ethyl adjacent to an activating group) is 1. The van der Waals surface area contributed by atoms with E-state index in [2.05, 4.69) is 5.32 Å². The summed E-state index contributed by atoms with van der Waals surface area (Å²) in [5.41, 5.74) is 2.96. The first-order chi connectivity index (χ1) is 13.3. The molecule has 0 aliphatic carbocycles. The zero-order valence-electron chi connectivity index (χ0n) is 16.6. The first kappa shape index (κ1) is 21.0. The second kappa shape index (κ2) is 9.55. The van der Waals surface area contributed by atoms with Gasteiger partial charge in [-0.2, -0.15) is 0 Å². The number of carbonyl (C=O) groups is 3. The lowest BCUT2D eigenvalue weighted by Crippen LogP contribution is -2.30. The van der Waals surface area contributed by atoms with E-state index in [1.807, 2.05) is 43.3 Å². The number of esters is 1. The molecule has 0 heterocycles. The number of benzene rings is 2. The Kier molecular flexibility index (Phi) is 7.14. The van der Waals surface area contributed by atoms with Gasteiger partial charge in [0.1, 0.15) is 0 Å². The highest BCUT2D eigenvalue weighted by molar-refractivity contribution is 5.93. The molecule has 0 aliphatic rings. The van der Waals surface area contributed by atoms with Gasteiger partial charge in [0.25, 0.3) is 5.91 Å². The van der Waals surface area contributed by atoms with Gasteiger partial charge in [-0.15, -0.1) is 0 Å². The molecular weight excluding hydrogens is 358 g/mol.